The molecule has 0 aliphatic carbocycles. The van der Waals surface area contributed by atoms with Crippen LogP contribution in [0.5, 0.6) is 0 Å². The number of carbonyl (C=O) groups excluding carboxylic acids is 3. The monoisotopic (exact) mass is 481 g/mol. The summed E-state index contributed by atoms with van der Waals surface area (Å²) >= 11 is 3.55. The van der Waals surface area contributed by atoms with E-state index in [0.29, 0.717) is 22.0 Å². The molecule has 15 heteroatoms. The van der Waals surface area contributed by atoms with Crippen molar-refractivity contribution in [2.45, 2.75) is 24.8 Å². The lowest BCUT2D eigenvalue weighted by molar-refractivity contribution is -0.150. The Bertz CT molecular complexity index is 1080. The first kappa shape index (κ1) is 21.5. The molecular weight excluding hydrogens is 466 g/mol. The summed E-state index contributed by atoms with van der Waals surface area (Å²) in [5, 5.41) is 30.2. The maximum absolute atomic E-state index is 12.7. The van der Waals surface area contributed by atoms with Gasteiger partial charge in [0.2, 0.25) is 16.9 Å². The second kappa shape index (κ2) is 8.39. The van der Waals surface area contributed by atoms with Crippen LogP contribution in [0.4, 0.5) is 5.13 Å². The third-order valence-corrected chi connectivity index (χ3v) is 7.47. The molecular formula is C16H15N7O5S3. The fourth-order valence-corrected chi connectivity index (χ4v) is 6.12. The quantitative estimate of drug-likeness (QED) is 0.413. The van der Waals surface area contributed by atoms with Gasteiger partial charge >= 0.3 is 5.97 Å². The minimum Gasteiger partial charge on any atom is -0.477 e. The van der Waals surface area contributed by atoms with Crippen molar-refractivity contribution < 1.29 is 24.3 Å². The van der Waals surface area contributed by atoms with Gasteiger partial charge in [-0.2, -0.15) is 0 Å². The summed E-state index contributed by atoms with van der Waals surface area (Å²) in [7, 11) is 0. The lowest BCUT2D eigenvalue weighted by Gasteiger charge is -2.49. The van der Waals surface area contributed by atoms with Gasteiger partial charge < -0.3 is 15.7 Å². The van der Waals surface area contributed by atoms with Crippen molar-refractivity contribution in [2.24, 2.45) is 4.99 Å². The molecule has 1 unspecified atom stereocenters. The first-order valence-corrected chi connectivity index (χ1v) is 11.7. The topological polar surface area (TPSA) is 178 Å². The predicted octanol–water partition coefficient (Wildman–Crippen LogP) is 0.205. The van der Waals surface area contributed by atoms with E-state index in [0.717, 1.165) is 16.2 Å². The van der Waals surface area contributed by atoms with Gasteiger partial charge in [-0.3, -0.25) is 24.7 Å². The first-order chi connectivity index (χ1) is 14.7. The van der Waals surface area contributed by atoms with Crippen LogP contribution in [0.25, 0.3) is 5.57 Å². The highest BCUT2D eigenvalue weighted by Crippen LogP contribution is 2.44. The van der Waals surface area contributed by atoms with Gasteiger partial charge in [-0.25, -0.2) is 9.79 Å². The Labute approximate surface area is 187 Å². The molecule has 1 aromatic heterocycles. The molecule has 2 atom stereocenters. The lowest BCUT2D eigenvalue weighted by atomic mass is 10.0. The molecule has 0 aromatic carbocycles. The number of anilines is 1. The number of carboxylic acids is 1. The van der Waals surface area contributed by atoms with E-state index in [1.54, 1.807) is 0 Å². The molecule has 1 saturated heterocycles. The van der Waals surface area contributed by atoms with Gasteiger partial charge in [-0.15, -0.1) is 22.0 Å². The third kappa shape index (κ3) is 4.20. The number of fused-ring (bicyclic) bond motifs is 1. The smallest absolute Gasteiger partial charge is 0.353 e. The number of nitrogens with one attached hydrogen (secondary N) is 3. The van der Waals surface area contributed by atoms with Crippen molar-refractivity contribution in [3.63, 3.8) is 0 Å². The summed E-state index contributed by atoms with van der Waals surface area (Å²) in [6.45, 7) is 1.32. The molecule has 4 N–H and O–H groups in total. The van der Waals surface area contributed by atoms with E-state index in [9.17, 15) is 24.3 Å². The Morgan fingerprint density at radius 3 is 2.71 bits per heavy atom. The number of nitrogens with zero attached hydrogens (tertiary/aromatic N) is 4. The van der Waals surface area contributed by atoms with E-state index in [-0.39, 0.29) is 34.1 Å². The zero-order chi connectivity index (χ0) is 22.3. The van der Waals surface area contributed by atoms with Crippen molar-refractivity contribution in [1.82, 2.24) is 20.4 Å². The van der Waals surface area contributed by atoms with Crippen molar-refractivity contribution in [3.8, 4) is 0 Å². The largest absolute Gasteiger partial charge is 0.477 e. The minimum atomic E-state index is -1.29. The first-order valence-electron chi connectivity index (χ1n) is 8.84. The van der Waals surface area contributed by atoms with Crippen LogP contribution in [0.2, 0.25) is 0 Å². The number of hydrogen-bond acceptors (Lipinski definition) is 10. The molecule has 0 saturated carbocycles. The maximum Gasteiger partial charge on any atom is 0.353 e. The number of aliphatic carboxylic acids is 1. The molecule has 1 aromatic rings. The molecule has 1 fully saturated rings. The van der Waals surface area contributed by atoms with Crippen LogP contribution in [-0.2, 0) is 19.2 Å². The average molecular weight is 482 g/mol. The summed E-state index contributed by atoms with van der Waals surface area (Å²) in [6, 6.07) is -0.841. The number of carboxylic acid groups (broad SMARTS) is 1. The van der Waals surface area contributed by atoms with Crippen molar-refractivity contribution >= 4 is 80.1 Å². The number of aliphatic imine (C=N–C) groups is 1. The zero-order valence-electron chi connectivity index (χ0n) is 15.9. The van der Waals surface area contributed by atoms with Gasteiger partial charge in [0.1, 0.15) is 22.1 Å². The minimum absolute atomic E-state index is 0.0138. The van der Waals surface area contributed by atoms with Crippen LogP contribution in [0.15, 0.2) is 10.7 Å². The van der Waals surface area contributed by atoms with Crippen molar-refractivity contribution in [3.05, 3.63) is 10.7 Å². The Hall–Kier alpha value is -2.78. The summed E-state index contributed by atoms with van der Waals surface area (Å²) in [4.78, 5) is 53.2. The van der Waals surface area contributed by atoms with E-state index in [2.05, 4.69) is 25.8 Å². The summed E-state index contributed by atoms with van der Waals surface area (Å²) in [6.07, 6.45) is -0.0138. The molecule has 31 heavy (non-hydrogen) atoms. The SMILES string of the molecule is CC(=O)Nc1nnc(C2=C(C(=O)O)N3C(=O)C(NC(=O)CC4=NC(=N)SC4)[C@@H]3SC2)s1. The fourth-order valence-electron chi connectivity index (χ4n) is 3.19. The zero-order valence-corrected chi connectivity index (χ0v) is 18.3. The number of thioether (sulfide) groups is 2. The van der Waals surface area contributed by atoms with Crippen molar-refractivity contribution in [2.75, 3.05) is 16.8 Å². The van der Waals surface area contributed by atoms with Crippen LogP contribution < -0.4 is 10.6 Å². The van der Waals surface area contributed by atoms with Gasteiger partial charge in [0.15, 0.2) is 5.17 Å². The predicted molar refractivity (Wildman–Crippen MR) is 116 cm³/mol. The Kier molecular flexibility index (Phi) is 5.81. The van der Waals surface area contributed by atoms with Gasteiger partial charge in [-0.05, 0) is 0 Å². The van der Waals surface area contributed by atoms with Gasteiger partial charge in [0, 0.05) is 29.7 Å². The fraction of sp³-hybridized carbons (Fsp3) is 0.375. The van der Waals surface area contributed by atoms with E-state index in [1.807, 2.05) is 0 Å². The van der Waals surface area contributed by atoms with Crippen LogP contribution in [0.1, 0.15) is 18.4 Å². The number of aromatic nitrogens is 2. The second-order valence-corrected chi connectivity index (χ2v) is 9.68. The highest BCUT2D eigenvalue weighted by atomic mass is 32.2. The lowest BCUT2D eigenvalue weighted by Crippen LogP contribution is -2.70. The molecule has 12 nitrogen and oxygen atoms in total. The molecule has 0 radical (unpaired) electrons. The molecule has 3 aliphatic rings. The Morgan fingerprint density at radius 2 is 2.06 bits per heavy atom. The molecule has 162 valence electrons. The van der Waals surface area contributed by atoms with E-state index >= 15 is 0 Å². The van der Waals surface area contributed by atoms with Crippen molar-refractivity contribution in [1.29, 1.82) is 5.41 Å². The van der Waals surface area contributed by atoms with Gasteiger partial charge in [0.05, 0.1) is 6.42 Å². The molecule has 3 amide bonds. The van der Waals surface area contributed by atoms with E-state index in [1.165, 1.54) is 30.4 Å². The number of amides is 3. The number of β-lactam (4-membered cyclic amide) rings is 1. The number of carbonyl (C=O) groups is 4. The standard InChI is InChI=1S/C16H15N7O5S3/c1-5(24)18-16-22-21-11(31-16)7-4-29-13-9(12(26)23(13)10(7)14(27)28)20-8(25)2-6-3-30-15(17)19-6/h9,13,17H,2-4H2,1H3,(H,20,25)(H,27,28)(H,18,22,24)/t9?,13-/m0/s1. The summed E-state index contributed by atoms with van der Waals surface area (Å²) in [5.74, 6) is -1.83. The molecule has 4 rings (SSSR count). The molecule has 4 heterocycles. The molecule has 0 spiro atoms. The summed E-state index contributed by atoms with van der Waals surface area (Å²) < 4.78 is 0. The number of hydrogen-bond donors (Lipinski definition) is 4. The number of rotatable bonds is 6. The third-order valence-electron chi connectivity index (χ3n) is 4.45. The van der Waals surface area contributed by atoms with Gasteiger partial charge in [0.25, 0.3) is 5.91 Å². The van der Waals surface area contributed by atoms with Gasteiger partial charge in [-0.1, -0.05) is 23.1 Å². The molecule has 0 bridgehead atoms. The maximum atomic E-state index is 12.7. The summed E-state index contributed by atoms with van der Waals surface area (Å²) in [5.41, 5.74) is 0.693. The highest BCUT2D eigenvalue weighted by molar-refractivity contribution is 8.14. The highest BCUT2D eigenvalue weighted by Gasteiger charge is 2.54. The normalized spacial score (nSPS) is 22.6. The van der Waals surface area contributed by atoms with E-state index < -0.39 is 29.2 Å². The average Bonchev–Trinajstić information content (AvgIpc) is 3.33. The second-order valence-electron chi connectivity index (χ2n) is 6.63. The number of amidine groups is 1. The van der Waals surface area contributed by atoms with Crippen LogP contribution in [0.3, 0.4) is 0 Å². The van der Waals surface area contributed by atoms with Crippen LogP contribution in [-0.4, -0.2) is 77.7 Å². The van der Waals surface area contributed by atoms with Crippen LogP contribution in [0, 0.1) is 5.41 Å². The molecule has 3 aliphatic heterocycles. The van der Waals surface area contributed by atoms with Crippen LogP contribution >= 0.6 is 34.9 Å². The Morgan fingerprint density at radius 1 is 1.29 bits per heavy atom. The van der Waals surface area contributed by atoms with E-state index in [4.69, 9.17) is 5.41 Å². The Balaban J connectivity index is 1.50.